The van der Waals surface area contributed by atoms with Gasteiger partial charge in [-0.15, -0.1) is 0 Å². The lowest BCUT2D eigenvalue weighted by Gasteiger charge is -2.42. The largest absolute Gasteiger partial charge is 0.377 e. The van der Waals surface area contributed by atoms with Gasteiger partial charge in [0.25, 0.3) is 0 Å². The third-order valence-corrected chi connectivity index (χ3v) is 4.39. The number of benzene rings is 1. The highest BCUT2D eigenvalue weighted by molar-refractivity contribution is 5.43. The molecule has 0 unspecified atom stereocenters. The molecule has 0 saturated carbocycles. The Balaban J connectivity index is 2.42. The van der Waals surface area contributed by atoms with Gasteiger partial charge in [0.15, 0.2) is 0 Å². The van der Waals surface area contributed by atoms with Crippen molar-refractivity contribution in [2.24, 2.45) is 0 Å². The lowest BCUT2D eigenvalue weighted by atomic mass is 9.63. The summed E-state index contributed by atoms with van der Waals surface area (Å²) in [5.41, 5.74) is 4.97. The maximum atomic E-state index is 5.53. The highest BCUT2D eigenvalue weighted by Crippen LogP contribution is 2.45. The fourth-order valence-electron chi connectivity index (χ4n) is 2.95. The van der Waals surface area contributed by atoms with Crippen molar-refractivity contribution in [1.82, 2.24) is 0 Å². The highest BCUT2D eigenvalue weighted by Gasteiger charge is 2.36. The van der Waals surface area contributed by atoms with Crippen LogP contribution in [0, 0.1) is 0 Å². The van der Waals surface area contributed by atoms with Crippen LogP contribution in [0.5, 0.6) is 0 Å². The number of ether oxygens (including phenoxy) is 1. The summed E-state index contributed by atoms with van der Waals surface area (Å²) in [6, 6.07) is 6.92. The predicted molar refractivity (Wildman–Crippen MR) is 77.1 cm³/mol. The molecule has 18 heavy (non-hydrogen) atoms. The Labute approximate surface area is 112 Å². The van der Waals surface area contributed by atoms with Crippen LogP contribution in [0.25, 0.3) is 0 Å². The van der Waals surface area contributed by atoms with Crippen molar-refractivity contribution in [2.75, 3.05) is 6.61 Å². The summed E-state index contributed by atoms with van der Waals surface area (Å²) in [5.74, 6) is 0. The predicted octanol–water partition coefficient (Wildman–Crippen LogP) is 4.57. The van der Waals surface area contributed by atoms with Gasteiger partial charge in [0.2, 0.25) is 0 Å². The monoisotopic (exact) mass is 246 g/mol. The van der Waals surface area contributed by atoms with E-state index in [4.69, 9.17) is 4.74 Å². The molecule has 0 atom stereocenters. The third kappa shape index (κ3) is 2.47. The van der Waals surface area contributed by atoms with Crippen molar-refractivity contribution < 1.29 is 4.74 Å². The molecule has 0 amide bonds. The molecular formula is C17H26O. The summed E-state index contributed by atoms with van der Waals surface area (Å²) in [5, 5.41) is 0. The molecule has 1 aliphatic carbocycles. The SMILES string of the molecule is CCOCc1ccc2c(c1)C(C)(C)CCC2(C)C. The minimum Gasteiger partial charge on any atom is -0.377 e. The Bertz CT molecular complexity index is 429. The van der Waals surface area contributed by atoms with Crippen molar-refractivity contribution in [3.8, 4) is 0 Å². The maximum Gasteiger partial charge on any atom is 0.0716 e. The highest BCUT2D eigenvalue weighted by atomic mass is 16.5. The first-order valence-electron chi connectivity index (χ1n) is 7.08. The number of fused-ring (bicyclic) bond motifs is 1. The summed E-state index contributed by atoms with van der Waals surface area (Å²) in [6.07, 6.45) is 2.54. The van der Waals surface area contributed by atoms with Crippen molar-refractivity contribution in [3.63, 3.8) is 0 Å². The average Bonchev–Trinajstić information content (AvgIpc) is 2.32. The smallest absolute Gasteiger partial charge is 0.0716 e. The van der Waals surface area contributed by atoms with Crippen LogP contribution in [-0.4, -0.2) is 6.61 Å². The van der Waals surface area contributed by atoms with E-state index in [1.165, 1.54) is 29.5 Å². The van der Waals surface area contributed by atoms with E-state index in [1.54, 1.807) is 0 Å². The molecule has 0 spiro atoms. The van der Waals surface area contributed by atoms with Gasteiger partial charge in [-0.05, 0) is 47.3 Å². The molecular weight excluding hydrogens is 220 g/mol. The zero-order chi connectivity index (χ0) is 13.4. The van der Waals surface area contributed by atoms with Gasteiger partial charge in [-0.25, -0.2) is 0 Å². The second kappa shape index (κ2) is 4.70. The molecule has 0 saturated heterocycles. The van der Waals surface area contributed by atoms with Gasteiger partial charge < -0.3 is 4.74 Å². The van der Waals surface area contributed by atoms with Gasteiger partial charge >= 0.3 is 0 Å². The van der Waals surface area contributed by atoms with Gasteiger partial charge in [-0.3, -0.25) is 0 Å². The van der Waals surface area contributed by atoms with Crippen molar-refractivity contribution >= 4 is 0 Å². The molecule has 0 radical (unpaired) electrons. The fraction of sp³-hybridized carbons (Fsp3) is 0.647. The summed E-state index contributed by atoms with van der Waals surface area (Å²) < 4.78 is 5.53. The topological polar surface area (TPSA) is 9.23 Å². The van der Waals surface area contributed by atoms with Crippen LogP contribution in [0.15, 0.2) is 18.2 Å². The second-order valence-corrected chi connectivity index (χ2v) is 6.78. The molecule has 0 aliphatic heterocycles. The fourth-order valence-corrected chi connectivity index (χ4v) is 2.95. The molecule has 2 rings (SSSR count). The van der Waals surface area contributed by atoms with E-state index in [0.717, 1.165) is 13.2 Å². The van der Waals surface area contributed by atoms with Crippen LogP contribution in [0.1, 0.15) is 64.2 Å². The molecule has 0 N–H and O–H groups in total. The van der Waals surface area contributed by atoms with Crippen LogP contribution in [0.3, 0.4) is 0 Å². The third-order valence-electron chi connectivity index (χ3n) is 4.39. The summed E-state index contributed by atoms with van der Waals surface area (Å²) >= 11 is 0. The Morgan fingerprint density at radius 2 is 1.61 bits per heavy atom. The standard InChI is InChI=1S/C17H26O/c1-6-18-12-13-7-8-14-15(11-13)17(4,5)10-9-16(14,2)3/h7-8,11H,6,9-10,12H2,1-5H3. The van der Waals surface area contributed by atoms with E-state index in [9.17, 15) is 0 Å². The Hall–Kier alpha value is -0.820. The normalized spacial score (nSPS) is 20.5. The zero-order valence-corrected chi connectivity index (χ0v) is 12.5. The minimum absolute atomic E-state index is 0.299. The lowest BCUT2D eigenvalue weighted by Crippen LogP contribution is -2.33. The molecule has 0 heterocycles. The molecule has 1 aromatic carbocycles. The van der Waals surface area contributed by atoms with Gasteiger partial charge in [-0.1, -0.05) is 45.9 Å². The Kier molecular flexibility index (Phi) is 3.55. The Morgan fingerprint density at radius 3 is 2.22 bits per heavy atom. The van der Waals surface area contributed by atoms with Gasteiger partial charge in [-0.2, -0.15) is 0 Å². The first kappa shape index (κ1) is 13.6. The summed E-state index contributed by atoms with van der Waals surface area (Å²) in [7, 11) is 0. The van der Waals surface area contributed by atoms with Crippen LogP contribution in [0.4, 0.5) is 0 Å². The molecule has 0 aromatic heterocycles. The van der Waals surface area contributed by atoms with E-state index in [-0.39, 0.29) is 0 Å². The molecule has 1 nitrogen and oxygen atoms in total. The van der Waals surface area contributed by atoms with E-state index in [0.29, 0.717) is 10.8 Å². The van der Waals surface area contributed by atoms with Crippen molar-refractivity contribution in [2.45, 2.75) is 64.9 Å². The van der Waals surface area contributed by atoms with Gasteiger partial charge in [0.05, 0.1) is 6.61 Å². The zero-order valence-electron chi connectivity index (χ0n) is 12.5. The van der Waals surface area contributed by atoms with Crippen molar-refractivity contribution in [3.05, 3.63) is 34.9 Å². The first-order chi connectivity index (χ1) is 8.37. The molecule has 0 fully saturated rings. The summed E-state index contributed by atoms with van der Waals surface area (Å²) in [6.45, 7) is 13.0. The lowest BCUT2D eigenvalue weighted by molar-refractivity contribution is 0.134. The van der Waals surface area contributed by atoms with Crippen LogP contribution >= 0.6 is 0 Å². The number of rotatable bonds is 3. The van der Waals surface area contributed by atoms with Gasteiger partial charge in [0.1, 0.15) is 0 Å². The Morgan fingerprint density at radius 1 is 1.00 bits per heavy atom. The van der Waals surface area contributed by atoms with E-state index in [2.05, 4.69) is 45.9 Å². The quantitative estimate of drug-likeness (QED) is 0.759. The average molecular weight is 246 g/mol. The molecule has 1 aromatic rings. The second-order valence-electron chi connectivity index (χ2n) is 6.78. The molecule has 1 heteroatoms. The first-order valence-corrected chi connectivity index (χ1v) is 7.08. The van der Waals surface area contributed by atoms with Crippen LogP contribution < -0.4 is 0 Å². The van der Waals surface area contributed by atoms with E-state index in [1.807, 2.05) is 6.92 Å². The maximum absolute atomic E-state index is 5.53. The summed E-state index contributed by atoms with van der Waals surface area (Å²) in [4.78, 5) is 0. The van der Waals surface area contributed by atoms with E-state index < -0.39 is 0 Å². The van der Waals surface area contributed by atoms with E-state index >= 15 is 0 Å². The minimum atomic E-state index is 0.299. The van der Waals surface area contributed by atoms with Crippen molar-refractivity contribution in [1.29, 1.82) is 0 Å². The van der Waals surface area contributed by atoms with Crippen LogP contribution in [-0.2, 0) is 22.2 Å². The van der Waals surface area contributed by atoms with Crippen LogP contribution in [0.2, 0.25) is 0 Å². The molecule has 0 bridgehead atoms. The van der Waals surface area contributed by atoms with Gasteiger partial charge in [0, 0.05) is 6.61 Å². The number of hydrogen-bond acceptors (Lipinski definition) is 1. The molecule has 1 aliphatic rings. The molecule has 100 valence electrons. The number of hydrogen-bond donors (Lipinski definition) is 0.